The fraction of sp³-hybridized carbons (Fsp3) is 0.520. The van der Waals surface area contributed by atoms with Gasteiger partial charge in [-0.3, -0.25) is 4.98 Å². The SMILES string of the molecule is CCNC(=NCc1ccccn1)NCCCCN1CCC(Cc2ccccc2)CC1.I. The Hall–Kier alpha value is -1.67. The third-order valence-electron chi connectivity index (χ3n) is 5.74. The first-order valence-electron chi connectivity index (χ1n) is 11.5. The Morgan fingerprint density at radius 1 is 1.03 bits per heavy atom. The summed E-state index contributed by atoms with van der Waals surface area (Å²) in [5.74, 6) is 1.73. The smallest absolute Gasteiger partial charge is 0.191 e. The van der Waals surface area contributed by atoms with Gasteiger partial charge in [0.2, 0.25) is 0 Å². The molecule has 1 saturated heterocycles. The second-order valence-corrected chi connectivity index (χ2v) is 8.12. The predicted molar refractivity (Wildman–Crippen MR) is 141 cm³/mol. The Morgan fingerprint density at radius 2 is 1.81 bits per heavy atom. The third-order valence-corrected chi connectivity index (χ3v) is 5.74. The third kappa shape index (κ3) is 9.99. The number of aliphatic imine (C=N–C) groups is 1. The molecule has 0 atom stereocenters. The van der Waals surface area contributed by atoms with Crippen LogP contribution in [0.15, 0.2) is 59.7 Å². The van der Waals surface area contributed by atoms with E-state index in [0.29, 0.717) is 6.54 Å². The number of pyridine rings is 1. The molecule has 1 fully saturated rings. The number of unbranched alkanes of at least 4 members (excludes halogenated alkanes) is 1. The van der Waals surface area contributed by atoms with Gasteiger partial charge in [0.15, 0.2) is 5.96 Å². The van der Waals surface area contributed by atoms with Gasteiger partial charge >= 0.3 is 0 Å². The Morgan fingerprint density at radius 3 is 2.52 bits per heavy atom. The molecule has 0 radical (unpaired) electrons. The summed E-state index contributed by atoms with van der Waals surface area (Å²) in [7, 11) is 0. The maximum atomic E-state index is 4.64. The Kier molecular flexibility index (Phi) is 12.5. The number of nitrogens with one attached hydrogen (secondary N) is 2. The number of benzene rings is 1. The molecule has 170 valence electrons. The van der Waals surface area contributed by atoms with Crippen molar-refractivity contribution < 1.29 is 0 Å². The highest BCUT2D eigenvalue weighted by Crippen LogP contribution is 2.21. The molecule has 6 heteroatoms. The van der Waals surface area contributed by atoms with Gasteiger partial charge in [0.1, 0.15) is 0 Å². The van der Waals surface area contributed by atoms with Crippen molar-refractivity contribution in [1.29, 1.82) is 0 Å². The summed E-state index contributed by atoms with van der Waals surface area (Å²) in [5.41, 5.74) is 2.48. The van der Waals surface area contributed by atoms with Crippen molar-refractivity contribution in [2.75, 3.05) is 32.7 Å². The van der Waals surface area contributed by atoms with Crippen LogP contribution in [0.3, 0.4) is 0 Å². The lowest BCUT2D eigenvalue weighted by molar-refractivity contribution is 0.181. The lowest BCUT2D eigenvalue weighted by Crippen LogP contribution is -2.38. The normalized spacial score (nSPS) is 15.3. The van der Waals surface area contributed by atoms with Crippen LogP contribution in [0, 0.1) is 5.92 Å². The molecule has 5 nitrogen and oxygen atoms in total. The Labute approximate surface area is 205 Å². The molecule has 2 heterocycles. The Balaban J connectivity index is 0.00000341. The number of nitrogens with zero attached hydrogens (tertiary/aromatic N) is 3. The van der Waals surface area contributed by atoms with Gasteiger partial charge in [-0.2, -0.15) is 0 Å². The average Bonchev–Trinajstić information content (AvgIpc) is 2.79. The first-order valence-corrected chi connectivity index (χ1v) is 11.5. The summed E-state index contributed by atoms with van der Waals surface area (Å²) in [4.78, 5) is 11.6. The maximum absolute atomic E-state index is 4.64. The van der Waals surface area contributed by atoms with Gasteiger partial charge in [-0.05, 0) is 82.3 Å². The second kappa shape index (κ2) is 15.2. The van der Waals surface area contributed by atoms with Crippen molar-refractivity contribution in [1.82, 2.24) is 20.5 Å². The number of halogens is 1. The van der Waals surface area contributed by atoms with E-state index >= 15 is 0 Å². The minimum absolute atomic E-state index is 0. The highest BCUT2D eigenvalue weighted by Gasteiger charge is 2.18. The largest absolute Gasteiger partial charge is 0.357 e. The molecule has 0 aliphatic carbocycles. The van der Waals surface area contributed by atoms with E-state index in [1.807, 2.05) is 24.4 Å². The van der Waals surface area contributed by atoms with E-state index in [0.717, 1.165) is 37.1 Å². The molecule has 0 saturated carbocycles. The topological polar surface area (TPSA) is 52.6 Å². The number of rotatable bonds is 10. The van der Waals surface area contributed by atoms with Gasteiger partial charge in [-0.1, -0.05) is 36.4 Å². The first-order chi connectivity index (χ1) is 14.8. The second-order valence-electron chi connectivity index (χ2n) is 8.12. The van der Waals surface area contributed by atoms with E-state index < -0.39 is 0 Å². The van der Waals surface area contributed by atoms with Crippen LogP contribution >= 0.6 is 24.0 Å². The fourth-order valence-corrected chi connectivity index (χ4v) is 4.02. The van der Waals surface area contributed by atoms with Crippen molar-refractivity contribution in [3.05, 3.63) is 66.0 Å². The molecule has 0 bridgehead atoms. The van der Waals surface area contributed by atoms with Crippen molar-refractivity contribution in [2.24, 2.45) is 10.9 Å². The summed E-state index contributed by atoms with van der Waals surface area (Å²) >= 11 is 0. The number of aromatic nitrogens is 1. The summed E-state index contributed by atoms with van der Waals surface area (Å²) in [6.45, 7) is 8.23. The van der Waals surface area contributed by atoms with E-state index in [2.05, 4.69) is 62.8 Å². The van der Waals surface area contributed by atoms with Crippen LogP contribution in [-0.2, 0) is 13.0 Å². The van der Waals surface area contributed by atoms with Crippen LogP contribution in [-0.4, -0.2) is 48.6 Å². The van der Waals surface area contributed by atoms with E-state index in [4.69, 9.17) is 0 Å². The first kappa shape index (κ1) is 25.6. The maximum Gasteiger partial charge on any atom is 0.191 e. The standard InChI is InChI=1S/C25H37N5.HI/c1-2-26-25(29-21-24-12-6-7-15-27-24)28-16-8-9-17-30-18-13-23(14-19-30)20-22-10-4-3-5-11-22;/h3-7,10-12,15,23H,2,8-9,13-14,16-21H2,1H3,(H2,26,28,29);1H. The van der Waals surface area contributed by atoms with E-state index in [9.17, 15) is 0 Å². The summed E-state index contributed by atoms with van der Waals surface area (Å²) in [5, 5.41) is 6.77. The molecule has 3 rings (SSSR count). The zero-order valence-electron chi connectivity index (χ0n) is 18.8. The van der Waals surface area contributed by atoms with Gasteiger partial charge in [0.25, 0.3) is 0 Å². The zero-order chi connectivity index (χ0) is 20.9. The molecule has 1 aliphatic heterocycles. The highest BCUT2D eigenvalue weighted by molar-refractivity contribution is 14.0. The number of guanidine groups is 1. The molecule has 2 N–H and O–H groups in total. The van der Waals surface area contributed by atoms with Crippen LogP contribution in [0.25, 0.3) is 0 Å². The van der Waals surface area contributed by atoms with E-state index in [1.54, 1.807) is 0 Å². The predicted octanol–water partition coefficient (Wildman–Crippen LogP) is 4.49. The fourth-order valence-electron chi connectivity index (χ4n) is 4.02. The molecule has 2 aromatic rings. The highest BCUT2D eigenvalue weighted by atomic mass is 127. The van der Waals surface area contributed by atoms with E-state index in [1.165, 1.54) is 50.9 Å². The zero-order valence-corrected chi connectivity index (χ0v) is 21.1. The van der Waals surface area contributed by atoms with Gasteiger partial charge < -0.3 is 15.5 Å². The molecule has 1 aromatic heterocycles. The van der Waals surface area contributed by atoms with Gasteiger partial charge in [0, 0.05) is 19.3 Å². The molecule has 0 amide bonds. The summed E-state index contributed by atoms with van der Waals surface area (Å²) in [6, 6.07) is 16.9. The lowest BCUT2D eigenvalue weighted by Gasteiger charge is -2.32. The van der Waals surface area contributed by atoms with Crippen LogP contribution in [0.2, 0.25) is 0 Å². The number of hydrogen-bond acceptors (Lipinski definition) is 3. The number of piperidine rings is 1. The molecular weight excluding hydrogens is 497 g/mol. The quantitative estimate of drug-likeness (QED) is 0.204. The molecular formula is C25H38IN5. The van der Waals surface area contributed by atoms with Crippen LogP contribution in [0.5, 0.6) is 0 Å². The molecule has 1 aliphatic rings. The molecule has 1 aromatic carbocycles. The molecule has 0 spiro atoms. The average molecular weight is 536 g/mol. The molecule has 31 heavy (non-hydrogen) atoms. The number of likely N-dealkylation sites (tertiary alicyclic amines) is 1. The minimum Gasteiger partial charge on any atom is -0.357 e. The lowest BCUT2D eigenvalue weighted by atomic mass is 9.90. The van der Waals surface area contributed by atoms with Crippen LogP contribution < -0.4 is 10.6 Å². The summed E-state index contributed by atoms with van der Waals surface area (Å²) in [6.07, 6.45) is 8.11. The van der Waals surface area contributed by atoms with Crippen LogP contribution in [0.1, 0.15) is 43.9 Å². The summed E-state index contributed by atoms with van der Waals surface area (Å²) < 4.78 is 0. The van der Waals surface area contributed by atoms with Gasteiger partial charge in [0.05, 0.1) is 12.2 Å². The van der Waals surface area contributed by atoms with Crippen molar-refractivity contribution >= 4 is 29.9 Å². The van der Waals surface area contributed by atoms with E-state index in [-0.39, 0.29) is 24.0 Å². The van der Waals surface area contributed by atoms with Crippen molar-refractivity contribution in [2.45, 2.75) is 45.6 Å². The van der Waals surface area contributed by atoms with Gasteiger partial charge in [-0.25, -0.2) is 4.99 Å². The van der Waals surface area contributed by atoms with Crippen LogP contribution in [0.4, 0.5) is 0 Å². The van der Waals surface area contributed by atoms with Gasteiger partial charge in [-0.15, -0.1) is 24.0 Å². The Bertz CT molecular complexity index is 730. The van der Waals surface area contributed by atoms with Crippen molar-refractivity contribution in [3.8, 4) is 0 Å². The minimum atomic E-state index is 0. The van der Waals surface area contributed by atoms with Crippen molar-refractivity contribution in [3.63, 3.8) is 0 Å². The monoisotopic (exact) mass is 535 g/mol. The number of hydrogen-bond donors (Lipinski definition) is 2. The molecule has 0 unspecified atom stereocenters.